The summed E-state index contributed by atoms with van der Waals surface area (Å²) in [6.45, 7) is 0.641. The van der Waals surface area contributed by atoms with Gasteiger partial charge in [0.1, 0.15) is 5.75 Å². The first-order valence-electron chi connectivity index (χ1n) is 9.85. The molecular formula is C22H24N2O4S2. The second-order valence-electron chi connectivity index (χ2n) is 7.54. The first-order chi connectivity index (χ1) is 14.4. The number of rotatable bonds is 6. The zero-order valence-electron chi connectivity index (χ0n) is 16.7. The zero-order chi connectivity index (χ0) is 21.1. The highest BCUT2D eigenvalue weighted by atomic mass is 32.2. The van der Waals surface area contributed by atoms with Crippen LogP contribution in [0.2, 0.25) is 0 Å². The van der Waals surface area contributed by atoms with Gasteiger partial charge in [0.15, 0.2) is 15.0 Å². The number of carbonyl (C=O) groups excluding carboxylic acids is 1. The van der Waals surface area contributed by atoms with Gasteiger partial charge in [0.05, 0.1) is 31.1 Å². The van der Waals surface area contributed by atoms with Crippen molar-refractivity contribution in [2.45, 2.75) is 24.1 Å². The largest absolute Gasteiger partial charge is 0.497 e. The van der Waals surface area contributed by atoms with Crippen LogP contribution in [0.25, 0.3) is 0 Å². The normalized spacial score (nSPS) is 23.5. The molecule has 30 heavy (non-hydrogen) atoms. The molecule has 6 nitrogen and oxygen atoms in total. The van der Waals surface area contributed by atoms with Crippen molar-refractivity contribution in [2.75, 3.05) is 25.2 Å². The van der Waals surface area contributed by atoms with Crippen LogP contribution >= 0.6 is 11.8 Å². The minimum Gasteiger partial charge on any atom is -0.497 e. The van der Waals surface area contributed by atoms with Crippen molar-refractivity contribution in [2.24, 2.45) is 4.99 Å². The third-order valence-electron chi connectivity index (χ3n) is 5.39. The Morgan fingerprint density at radius 1 is 1.10 bits per heavy atom. The van der Waals surface area contributed by atoms with Crippen molar-refractivity contribution >= 4 is 32.7 Å². The van der Waals surface area contributed by atoms with Crippen LogP contribution < -0.4 is 4.74 Å². The van der Waals surface area contributed by atoms with E-state index in [0.29, 0.717) is 11.7 Å². The second kappa shape index (κ2) is 8.81. The minimum atomic E-state index is -3.04. The first kappa shape index (κ1) is 20.9. The number of aliphatic imine (C=N–C) groups is 1. The van der Waals surface area contributed by atoms with E-state index in [1.54, 1.807) is 7.11 Å². The molecule has 0 aromatic heterocycles. The summed E-state index contributed by atoms with van der Waals surface area (Å²) in [5.74, 6) is 0.793. The number of hydrogen-bond acceptors (Lipinski definition) is 5. The van der Waals surface area contributed by atoms with E-state index in [0.717, 1.165) is 17.7 Å². The van der Waals surface area contributed by atoms with Gasteiger partial charge in [-0.25, -0.2) is 8.42 Å². The molecule has 8 heteroatoms. The summed E-state index contributed by atoms with van der Waals surface area (Å²) in [6, 6.07) is 17.3. The molecule has 2 aromatic rings. The van der Waals surface area contributed by atoms with Crippen molar-refractivity contribution in [1.29, 1.82) is 0 Å². The quantitative estimate of drug-likeness (QED) is 0.682. The number of benzene rings is 2. The van der Waals surface area contributed by atoms with E-state index in [1.807, 2.05) is 47.4 Å². The minimum absolute atomic E-state index is 0.0571. The Kier molecular flexibility index (Phi) is 6.15. The number of ether oxygens (including phenoxy) is 1. The molecule has 0 N–H and O–H groups in total. The summed E-state index contributed by atoms with van der Waals surface area (Å²) in [5, 5.41) is 0.590. The Morgan fingerprint density at radius 2 is 1.83 bits per heavy atom. The van der Waals surface area contributed by atoms with Crippen LogP contribution in [0.3, 0.4) is 0 Å². The van der Waals surface area contributed by atoms with Crippen LogP contribution in [0.15, 0.2) is 59.6 Å². The smallest absolute Gasteiger partial charge is 0.252 e. The van der Waals surface area contributed by atoms with E-state index in [9.17, 15) is 13.2 Å². The summed E-state index contributed by atoms with van der Waals surface area (Å²) < 4.78 is 29.4. The molecule has 2 fully saturated rings. The average molecular weight is 445 g/mol. The summed E-state index contributed by atoms with van der Waals surface area (Å²) >= 11 is 1.43. The third-order valence-corrected chi connectivity index (χ3v) is 8.64. The Morgan fingerprint density at radius 3 is 2.53 bits per heavy atom. The Labute approximate surface area is 181 Å². The van der Waals surface area contributed by atoms with Crippen molar-refractivity contribution in [1.82, 2.24) is 4.90 Å². The molecule has 2 aromatic carbocycles. The Hall–Kier alpha value is -2.32. The van der Waals surface area contributed by atoms with Gasteiger partial charge >= 0.3 is 0 Å². The molecule has 2 saturated heterocycles. The van der Waals surface area contributed by atoms with Crippen molar-refractivity contribution in [3.05, 3.63) is 65.7 Å². The summed E-state index contributed by atoms with van der Waals surface area (Å²) in [4.78, 5) is 19.0. The van der Waals surface area contributed by atoms with Gasteiger partial charge in [0.25, 0.3) is 5.91 Å². The van der Waals surface area contributed by atoms with Crippen LogP contribution in [0.4, 0.5) is 0 Å². The lowest BCUT2D eigenvalue weighted by atomic mass is 10.1. The standard InChI is InChI=1S/C22H24N2O4S2/c1-28-18-9-7-17(8-10-18)13-21(25)23-22-24(12-11-16-5-3-2-4-6-16)19-14-30(26,27)15-20(19)29-22/h2-10,19-20H,11-15H2,1H3/t19-,20-/m0/s1. The van der Waals surface area contributed by atoms with Gasteiger partial charge in [-0.1, -0.05) is 54.2 Å². The SMILES string of the molecule is COc1ccc(CC(=O)N=C2S[C@H]3CS(=O)(=O)C[C@@H]3N2CCc2ccccc2)cc1. The van der Waals surface area contributed by atoms with Crippen LogP contribution in [0.5, 0.6) is 5.75 Å². The number of carbonyl (C=O) groups is 1. The molecule has 0 bridgehead atoms. The molecule has 2 heterocycles. The number of methoxy groups -OCH3 is 1. The van der Waals surface area contributed by atoms with E-state index in [2.05, 4.69) is 17.1 Å². The molecule has 4 rings (SSSR count). The topological polar surface area (TPSA) is 76.0 Å². The number of thioether (sulfide) groups is 1. The highest BCUT2D eigenvalue weighted by molar-refractivity contribution is 8.15. The number of hydrogen-bond donors (Lipinski definition) is 0. The molecule has 2 aliphatic rings. The number of fused-ring (bicyclic) bond motifs is 1. The van der Waals surface area contributed by atoms with Crippen molar-refractivity contribution in [3.8, 4) is 5.75 Å². The average Bonchev–Trinajstić information content (AvgIpc) is 3.18. The highest BCUT2D eigenvalue weighted by Crippen LogP contribution is 2.38. The van der Waals surface area contributed by atoms with Gasteiger partial charge in [-0.15, -0.1) is 0 Å². The third kappa shape index (κ3) is 4.87. The first-order valence-corrected chi connectivity index (χ1v) is 12.6. The van der Waals surface area contributed by atoms with Crippen molar-refractivity contribution < 1.29 is 17.9 Å². The number of sulfone groups is 1. The lowest BCUT2D eigenvalue weighted by Gasteiger charge is -2.24. The van der Waals surface area contributed by atoms with Crippen LogP contribution in [-0.2, 0) is 27.5 Å². The van der Waals surface area contributed by atoms with Crippen LogP contribution in [0, 0.1) is 0 Å². The number of nitrogens with zero attached hydrogens (tertiary/aromatic N) is 2. The van der Waals surface area contributed by atoms with Crippen LogP contribution in [0.1, 0.15) is 11.1 Å². The summed E-state index contributed by atoms with van der Waals surface area (Å²) in [6.07, 6.45) is 0.977. The van der Waals surface area contributed by atoms with Gasteiger partial charge in [0.2, 0.25) is 0 Å². The lowest BCUT2D eigenvalue weighted by molar-refractivity contribution is -0.117. The molecule has 0 spiro atoms. The number of amidine groups is 1. The number of amides is 1. The fraction of sp³-hybridized carbons (Fsp3) is 0.364. The van der Waals surface area contributed by atoms with Crippen LogP contribution in [-0.4, -0.2) is 60.8 Å². The summed E-state index contributed by atoms with van der Waals surface area (Å²) in [5.41, 5.74) is 2.04. The van der Waals surface area contributed by atoms with Gasteiger partial charge < -0.3 is 9.64 Å². The maximum atomic E-state index is 12.6. The predicted molar refractivity (Wildman–Crippen MR) is 120 cm³/mol. The van der Waals surface area contributed by atoms with E-state index in [4.69, 9.17) is 4.74 Å². The van der Waals surface area contributed by atoms with E-state index in [-0.39, 0.29) is 35.1 Å². The second-order valence-corrected chi connectivity index (χ2v) is 10.9. The maximum absolute atomic E-state index is 12.6. The zero-order valence-corrected chi connectivity index (χ0v) is 18.4. The molecule has 0 aliphatic carbocycles. The van der Waals surface area contributed by atoms with E-state index >= 15 is 0 Å². The molecule has 0 saturated carbocycles. The van der Waals surface area contributed by atoms with Gasteiger partial charge in [-0.3, -0.25) is 4.79 Å². The maximum Gasteiger partial charge on any atom is 0.252 e. The molecule has 2 aliphatic heterocycles. The van der Waals surface area contributed by atoms with Crippen molar-refractivity contribution in [3.63, 3.8) is 0 Å². The Balaban J connectivity index is 1.49. The van der Waals surface area contributed by atoms with Gasteiger partial charge in [-0.05, 0) is 29.7 Å². The predicted octanol–water partition coefficient (Wildman–Crippen LogP) is 2.58. The monoisotopic (exact) mass is 444 g/mol. The van der Waals surface area contributed by atoms with Gasteiger partial charge in [0, 0.05) is 11.8 Å². The fourth-order valence-corrected chi connectivity index (χ4v) is 7.85. The summed E-state index contributed by atoms with van der Waals surface area (Å²) in [7, 11) is -1.44. The molecular weight excluding hydrogens is 420 g/mol. The molecule has 0 radical (unpaired) electrons. The van der Waals surface area contributed by atoms with Gasteiger partial charge in [-0.2, -0.15) is 4.99 Å². The van der Waals surface area contributed by atoms with E-state index < -0.39 is 9.84 Å². The lowest BCUT2D eigenvalue weighted by Crippen LogP contribution is -2.39. The molecule has 0 unspecified atom stereocenters. The fourth-order valence-electron chi connectivity index (χ4n) is 3.86. The molecule has 158 valence electrons. The molecule has 1 amide bonds. The highest BCUT2D eigenvalue weighted by Gasteiger charge is 2.48. The molecule has 2 atom stereocenters. The van der Waals surface area contributed by atoms with E-state index in [1.165, 1.54) is 17.3 Å². The Bertz CT molecular complexity index is 1040.